The number of benzene rings is 1. The van der Waals surface area contributed by atoms with Crippen molar-refractivity contribution in [2.45, 2.75) is 17.6 Å². The number of sulfonamides is 1. The van der Waals surface area contributed by atoms with Crippen LogP contribution in [0.4, 0.5) is 18.9 Å². The molecule has 1 aromatic carbocycles. The molecule has 0 aliphatic rings. The van der Waals surface area contributed by atoms with Crippen LogP contribution in [0, 0.1) is 0 Å². The maximum atomic E-state index is 12.8. The molecule has 2 rings (SSSR count). The number of hydrogen-bond donors (Lipinski definition) is 3. The summed E-state index contributed by atoms with van der Waals surface area (Å²) in [6, 6.07) is 5.62. The van der Waals surface area contributed by atoms with E-state index in [9.17, 15) is 21.6 Å². The minimum atomic E-state index is -4.65. The fourth-order valence-corrected chi connectivity index (χ4v) is 2.81. The second kappa shape index (κ2) is 5.41. The van der Waals surface area contributed by atoms with Crippen LogP contribution in [-0.2, 0) is 22.7 Å². The molecule has 4 N–H and O–H groups in total. The lowest BCUT2D eigenvalue weighted by Crippen LogP contribution is -2.16. The van der Waals surface area contributed by atoms with Crippen LogP contribution in [0.2, 0.25) is 0 Å². The highest BCUT2D eigenvalue weighted by molar-refractivity contribution is 7.92. The molecular formula is C12H12F3N3O2S. The number of anilines is 1. The predicted molar refractivity (Wildman–Crippen MR) is 70.9 cm³/mol. The van der Waals surface area contributed by atoms with Crippen molar-refractivity contribution < 1.29 is 21.6 Å². The first-order valence-electron chi connectivity index (χ1n) is 5.80. The Morgan fingerprint density at radius 2 is 1.90 bits per heavy atom. The van der Waals surface area contributed by atoms with Gasteiger partial charge in [-0.15, -0.1) is 0 Å². The lowest BCUT2D eigenvalue weighted by molar-refractivity contribution is -0.136. The topological polar surface area (TPSA) is 88.0 Å². The third-order valence-corrected chi connectivity index (χ3v) is 4.07. The van der Waals surface area contributed by atoms with E-state index in [0.29, 0.717) is 5.69 Å². The third kappa shape index (κ3) is 3.37. The van der Waals surface area contributed by atoms with Gasteiger partial charge in [0.2, 0.25) is 0 Å². The minimum Gasteiger partial charge on any atom is -0.363 e. The zero-order valence-corrected chi connectivity index (χ0v) is 11.4. The van der Waals surface area contributed by atoms with Crippen molar-refractivity contribution in [3.63, 3.8) is 0 Å². The standard InChI is InChI=1S/C12H12F3N3O2S/c13-12(14,15)10-3-1-2-4-11(10)18-21(19,20)9-5-8(6-16)17-7-9/h1-5,7,17-18H,6,16H2. The number of alkyl halides is 3. The number of halogens is 3. The van der Waals surface area contributed by atoms with Crippen molar-refractivity contribution in [2.75, 3.05) is 4.72 Å². The monoisotopic (exact) mass is 319 g/mol. The summed E-state index contributed by atoms with van der Waals surface area (Å²) in [7, 11) is -4.12. The highest BCUT2D eigenvalue weighted by Gasteiger charge is 2.34. The number of nitrogens with one attached hydrogen (secondary N) is 2. The molecule has 1 heterocycles. The molecule has 114 valence electrons. The maximum absolute atomic E-state index is 12.8. The maximum Gasteiger partial charge on any atom is 0.418 e. The zero-order valence-electron chi connectivity index (χ0n) is 10.6. The Labute approximate surface area is 119 Å². The first-order valence-corrected chi connectivity index (χ1v) is 7.29. The average molecular weight is 319 g/mol. The summed E-state index contributed by atoms with van der Waals surface area (Å²) in [5.41, 5.74) is 4.22. The van der Waals surface area contributed by atoms with Gasteiger partial charge in [0.05, 0.1) is 11.3 Å². The summed E-state index contributed by atoms with van der Waals surface area (Å²) in [5.74, 6) is 0. The van der Waals surface area contributed by atoms with Crippen molar-refractivity contribution in [1.29, 1.82) is 0 Å². The summed E-state index contributed by atoms with van der Waals surface area (Å²) in [6.07, 6.45) is -3.49. The first kappa shape index (κ1) is 15.4. The Balaban J connectivity index is 2.38. The second-order valence-corrected chi connectivity index (χ2v) is 5.90. The smallest absolute Gasteiger partial charge is 0.363 e. The van der Waals surface area contributed by atoms with E-state index in [1.54, 1.807) is 0 Å². The van der Waals surface area contributed by atoms with Crippen molar-refractivity contribution in [1.82, 2.24) is 4.98 Å². The minimum absolute atomic E-state index is 0.0919. The van der Waals surface area contributed by atoms with Crippen LogP contribution in [0.25, 0.3) is 0 Å². The lowest BCUT2D eigenvalue weighted by Gasteiger charge is -2.13. The van der Waals surface area contributed by atoms with Gasteiger partial charge in [-0.2, -0.15) is 13.2 Å². The van der Waals surface area contributed by atoms with E-state index in [0.717, 1.165) is 12.1 Å². The van der Waals surface area contributed by atoms with Crippen molar-refractivity contribution >= 4 is 15.7 Å². The second-order valence-electron chi connectivity index (χ2n) is 4.21. The summed E-state index contributed by atoms with van der Waals surface area (Å²) < 4.78 is 64.6. The number of rotatable bonds is 4. The number of nitrogens with two attached hydrogens (primary N) is 1. The number of aromatic amines is 1. The predicted octanol–water partition coefficient (Wildman–Crippen LogP) is 2.29. The third-order valence-electron chi connectivity index (χ3n) is 2.72. The van der Waals surface area contributed by atoms with Gasteiger partial charge >= 0.3 is 6.18 Å². The van der Waals surface area contributed by atoms with Gasteiger partial charge in [-0.1, -0.05) is 12.1 Å². The number of hydrogen-bond acceptors (Lipinski definition) is 3. The van der Waals surface area contributed by atoms with Crippen LogP contribution in [0.1, 0.15) is 11.3 Å². The van der Waals surface area contributed by atoms with Gasteiger partial charge in [-0.25, -0.2) is 8.42 Å². The van der Waals surface area contributed by atoms with Crippen molar-refractivity contribution in [3.05, 3.63) is 47.8 Å². The van der Waals surface area contributed by atoms with E-state index in [1.165, 1.54) is 24.4 Å². The van der Waals surface area contributed by atoms with Gasteiger partial charge in [0.1, 0.15) is 4.90 Å². The molecule has 9 heteroatoms. The highest BCUT2D eigenvalue weighted by atomic mass is 32.2. The normalized spacial score (nSPS) is 12.4. The molecule has 0 bridgehead atoms. The van der Waals surface area contributed by atoms with E-state index in [2.05, 4.69) is 4.98 Å². The molecule has 1 aromatic heterocycles. The molecule has 2 aromatic rings. The molecule has 5 nitrogen and oxygen atoms in total. The van der Waals surface area contributed by atoms with Gasteiger partial charge in [-0.3, -0.25) is 4.72 Å². The molecule has 0 atom stereocenters. The zero-order chi connectivity index (χ0) is 15.7. The quantitative estimate of drug-likeness (QED) is 0.808. The Morgan fingerprint density at radius 3 is 2.48 bits per heavy atom. The van der Waals surface area contributed by atoms with E-state index < -0.39 is 27.5 Å². The van der Waals surface area contributed by atoms with Gasteiger partial charge in [0, 0.05) is 18.4 Å². The summed E-state index contributed by atoms with van der Waals surface area (Å²) in [4.78, 5) is 2.45. The van der Waals surface area contributed by atoms with Gasteiger partial charge in [0.25, 0.3) is 10.0 Å². The lowest BCUT2D eigenvalue weighted by atomic mass is 10.2. The van der Waals surface area contributed by atoms with Gasteiger partial charge in [0.15, 0.2) is 0 Å². The first-order chi connectivity index (χ1) is 9.74. The Bertz CT molecular complexity index is 738. The Kier molecular flexibility index (Phi) is 3.97. The van der Waals surface area contributed by atoms with E-state index in [-0.39, 0.29) is 11.4 Å². The fourth-order valence-electron chi connectivity index (χ4n) is 1.71. The molecule has 0 amide bonds. The molecule has 0 spiro atoms. The largest absolute Gasteiger partial charge is 0.418 e. The van der Waals surface area contributed by atoms with Crippen LogP contribution >= 0.6 is 0 Å². The van der Waals surface area contributed by atoms with Crippen LogP contribution in [-0.4, -0.2) is 13.4 Å². The van der Waals surface area contributed by atoms with Crippen LogP contribution in [0.5, 0.6) is 0 Å². The van der Waals surface area contributed by atoms with Gasteiger partial charge in [-0.05, 0) is 18.2 Å². The molecule has 21 heavy (non-hydrogen) atoms. The molecule has 0 saturated heterocycles. The van der Waals surface area contributed by atoms with E-state index in [4.69, 9.17) is 5.73 Å². The highest BCUT2D eigenvalue weighted by Crippen LogP contribution is 2.35. The SMILES string of the molecule is NCc1cc(S(=O)(=O)Nc2ccccc2C(F)(F)F)c[nH]1. The molecule has 0 radical (unpaired) electrons. The Hall–Kier alpha value is -2.00. The molecule has 0 unspecified atom stereocenters. The number of para-hydroxylation sites is 1. The fraction of sp³-hybridized carbons (Fsp3) is 0.167. The molecule has 0 saturated carbocycles. The summed E-state index contributed by atoms with van der Waals surface area (Å²) in [5, 5.41) is 0. The number of H-pyrrole nitrogens is 1. The van der Waals surface area contributed by atoms with Crippen molar-refractivity contribution in [2.24, 2.45) is 5.73 Å². The summed E-state index contributed by atoms with van der Waals surface area (Å²) in [6.45, 7) is 0.0919. The molecular weight excluding hydrogens is 307 g/mol. The number of aromatic nitrogens is 1. The van der Waals surface area contributed by atoms with E-state index in [1.807, 2.05) is 4.72 Å². The average Bonchev–Trinajstić information content (AvgIpc) is 2.87. The van der Waals surface area contributed by atoms with Crippen LogP contribution < -0.4 is 10.5 Å². The molecule has 0 fully saturated rings. The van der Waals surface area contributed by atoms with Gasteiger partial charge < -0.3 is 10.7 Å². The summed E-state index contributed by atoms with van der Waals surface area (Å²) >= 11 is 0. The molecule has 0 aliphatic carbocycles. The van der Waals surface area contributed by atoms with Crippen molar-refractivity contribution in [3.8, 4) is 0 Å². The molecule has 0 aliphatic heterocycles. The van der Waals surface area contributed by atoms with Crippen LogP contribution in [0.15, 0.2) is 41.4 Å². The Morgan fingerprint density at radius 1 is 1.24 bits per heavy atom. The van der Waals surface area contributed by atoms with E-state index >= 15 is 0 Å². The van der Waals surface area contributed by atoms with Crippen LogP contribution in [0.3, 0.4) is 0 Å².